The van der Waals surface area contributed by atoms with Crippen LogP contribution >= 0.6 is 27.3 Å². The highest BCUT2D eigenvalue weighted by Crippen LogP contribution is 2.36. The van der Waals surface area contributed by atoms with E-state index in [1.807, 2.05) is 42.5 Å². The molecule has 0 fully saturated rings. The van der Waals surface area contributed by atoms with Crippen LogP contribution in [0.15, 0.2) is 65.1 Å². The third-order valence-corrected chi connectivity index (χ3v) is 5.96. The zero-order chi connectivity index (χ0) is 20.4. The van der Waals surface area contributed by atoms with Crippen LogP contribution in [-0.4, -0.2) is 25.1 Å². The Kier molecular flexibility index (Phi) is 5.51. The van der Waals surface area contributed by atoms with E-state index in [-0.39, 0.29) is 5.91 Å². The number of hydrogen-bond acceptors (Lipinski definition) is 5. The molecule has 0 aliphatic rings. The van der Waals surface area contributed by atoms with Crippen molar-refractivity contribution in [2.45, 2.75) is 0 Å². The zero-order valence-corrected chi connectivity index (χ0v) is 18.1. The molecule has 1 heterocycles. The fraction of sp³-hybridized carbons (Fsp3) is 0.0909. The average molecular weight is 469 g/mol. The highest BCUT2D eigenvalue weighted by atomic mass is 79.9. The fourth-order valence-corrected chi connectivity index (χ4v) is 4.32. The van der Waals surface area contributed by atoms with Gasteiger partial charge in [-0.15, -0.1) is 11.3 Å². The molecule has 29 heavy (non-hydrogen) atoms. The summed E-state index contributed by atoms with van der Waals surface area (Å²) in [5.74, 6) is 0.834. The van der Waals surface area contributed by atoms with E-state index < -0.39 is 0 Å². The summed E-state index contributed by atoms with van der Waals surface area (Å²) in [5, 5.41) is 3.84. The Labute approximate surface area is 180 Å². The lowest BCUT2D eigenvalue weighted by atomic mass is 10.1. The van der Waals surface area contributed by atoms with Gasteiger partial charge in [0.1, 0.15) is 5.01 Å². The number of rotatable bonds is 5. The highest BCUT2D eigenvalue weighted by Gasteiger charge is 2.16. The average Bonchev–Trinajstić information content (AvgIpc) is 3.18. The molecule has 4 rings (SSSR count). The number of benzene rings is 3. The second-order valence-electron chi connectivity index (χ2n) is 6.20. The molecule has 0 saturated heterocycles. The van der Waals surface area contributed by atoms with Crippen molar-refractivity contribution in [2.75, 3.05) is 19.5 Å². The Bertz CT molecular complexity index is 1170. The molecule has 0 saturated carbocycles. The lowest BCUT2D eigenvalue weighted by molar-refractivity contribution is 0.102. The molecule has 0 radical (unpaired) electrons. The molecule has 1 aromatic heterocycles. The number of amides is 1. The predicted octanol–water partition coefficient (Wildman–Crippen LogP) is 6.00. The van der Waals surface area contributed by atoms with Crippen molar-refractivity contribution in [3.63, 3.8) is 0 Å². The van der Waals surface area contributed by atoms with Gasteiger partial charge in [-0.25, -0.2) is 4.98 Å². The van der Waals surface area contributed by atoms with Crippen molar-refractivity contribution in [3.8, 4) is 22.1 Å². The third kappa shape index (κ3) is 3.97. The number of carbonyl (C=O) groups is 1. The molecule has 3 aromatic carbocycles. The van der Waals surface area contributed by atoms with Gasteiger partial charge in [0, 0.05) is 15.6 Å². The number of para-hydroxylation sites is 1. The zero-order valence-electron chi connectivity index (χ0n) is 15.7. The van der Waals surface area contributed by atoms with Gasteiger partial charge in [-0.1, -0.05) is 28.1 Å². The SMILES string of the molecule is COc1ccc(C(=O)Nc2ccc(Br)cc2-c2nc3ccccc3s2)cc1OC. The minimum atomic E-state index is -0.240. The molecule has 0 spiro atoms. The molecule has 1 amide bonds. The minimum Gasteiger partial charge on any atom is -0.493 e. The minimum absolute atomic E-state index is 0.240. The van der Waals surface area contributed by atoms with Crippen LogP contribution in [0.2, 0.25) is 0 Å². The first-order valence-electron chi connectivity index (χ1n) is 8.78. The van der Waals surface area contributed by atoms with Crippen LogP contribution in [0.25, 0.3) is 20.8 Å². The summed E-state index contributed by atoms with van der Waals surface area (Å²) < 4.78 is 12.5. The monoisotopic (exact) mass is 468 g/mol. The maximum Gasteiger partial charge on any atom is 0.255 e. The summed E-state index contributed by atoms with van der Waals surface area (Å²) in [6.45, 7) is 0. The first-order valence-corrected chi connectivity index (χ1v) is 10.4. The van der Waals surface area contributed by atoms with Gasteiger partial charge in [-0.2, -0.15) is 0 Å². The van der Waals surface area contributed by atoms with Crippen molar-refractivity contribution < 1.29 is 14.3 Å². The largest absolute Gasteiger partial charge is 0.493 e. The summed E-state index contributed by atoms with van der Waals surface area (Å²) in [6.07, 6.45) is 0. The first-order chi connectivity index (χ1) is 14.1. The number of fused-ring (bicyclic) bond motifs is 1. The lowest BCUT2D eigenvalue weighted by Gasteiger charge is -2.12. The number of carbonyl (C=O) groups excluding carboxylic acids is 1. The summed E-state index contributed by atoms with van der Waals surface area (Å²) in [4.78, 5) is 17.6. The highest BCUT2D eigenvalue weighted by molar-refractivity contribution is 9.10. The number of halogens is 1. The molecule has 0 unspecified atom stereocenters. The van der Waals surface area contributed by atoms with Crippen molar-refractivity contribution in [2.24, 2.45) is 0 Å². The first kappa shape index (κ1) is 19.4. The molecule has 5 nitrogen and oxygen atoms in total. The Hall–Kier alpha value is -2.90. The second-order valence-corrected chi connectivity index (χ2v) is 8.15. The predicted molar refractivity (Wildman–Crippen MR) is 120 cm³/mol. The number of hydrogen-bond donors (Lipinski definition) is 1. The van der Waals surface area contributed by atoms with Crippen LogP contribution in [0.5, 0.6) is 11.5 Å². The van der Waals surface area contributed by atoms with Crippen LogP contribution in [0.4, 0.5) is 5.69 Å². The standard InChI is InChI=1S/C22H17BrN2O3S/c1-27-18-10-7-13(11-19(18)28-2)21(26)24-16-9-8-14(23)12-15(16)22-25-17-5-3-4-6-20(17)29-22/h3-12H,1-2H3,(H,24,26). The van der Waals surface area contributed by atoms with Crippen LogP contribution in [-0.2, 0) is 0 Å². The molecule has 4 aromatic rings. The molecule has 0 aliphatic carbocycles. The third-order valence-electron chi connectivity index (χ3n) is 4.40. The van der Waals surface area contributed by atoms with Crippen molar-refractivity contribution in [1.82, 2.24) is 4.98 Å². The molecular formula is C22H17BrN2O3S. The topological polar surface area (TPSA) is 60.5 Å². The lowest BCUT2D eigenvalue weighted by Crippen LogP contribution is -2.13. The van der Waals surface area contributed by atoms with Gasteiger partial charge in [-0.3, -0.25) is 4.79 Å². The van der Waals surface area contributed by atoms with Crippen LogP contribution in [0.3, 0.4) is 0 Å². The number of aromatic nitrogens is 1. The van der Waals surface area contributed by atoms with E-state index in [4.69, 9.17) is 14.5 Å². The summed E-state index contributed by atoms with van der Waals surface area (Å²) in [6, 6.07) is 18.8. The number of nitrogens with one attached hydrogen (secondary N) is 1. The van der Waals surface area contributed by atoms with Crippen LogP contribution in [0, 0.1) is 0 Å². The molecule has 0 atom stereocenters. The van der Waals surface area contributed by atoms with Gasteiger partial charge in [-0.05, 0) is 48.5 Å². The van der Waals surface area contributed by atoms with E-state index in [1.54, 1.807) is 43.8 Å². The molecule has 0 bridgehead atoms. The van der Waals surface area contributed by atoms with Gasteiger partial charge in [0.25, 0.3) is 5.91 Å². The van der Waals surface area contributed by atoms with Crippen molar-refractivity contribution >= 4 is 49.1 Å². The van der Waals surface area contributed by atoms with E-state index in [9.17, 15) is 4.79 Å². The van der Waals surface area contributed by atoms with E-state index >= 15 is 0 Å². The number of thiazole rings is 1. The maximum atomic E-state index is 12.9. The molecular weight excluding hydrogens is 452 g/mol. The summed E-state index contributed by atoms with van der Waals surface area (Å²) in [7, 11) is 3.10. The van der Waals surface area contributed by atoms with Gasteiger partial charge in [0.2, 0.25) is 0 Å². The summed E-state index contributed by atoms with van der Waals surface area (Å²) >= 11 is 5.10. The Morgan fingerprint density at radius 1 is 1.00 bits per heavy atom. The Morgan fingerprint density at radius 2 is 1.79 bits per heavy atom. The normalized spacial score (nSPS) is 10.7. The van der Waals surface area contributed by atoms with Crippen LogP contribution < -0.4 is 14.8 Å². The smallest absolute Gasteiger partial charge is 0.255 e. The van der Waals surface area contributed by atoms with Gasteiger partial charge in [0.15, 0.2) is 11.5 Å². The second kappa shape index (κ2) is 8.23. The number of anilines is 1. The van der Waals surface area contributed by atoms with Crippen molar-refractivity contribution in [1.29, 1.82) is 0 Å². The van der Waals surface area contributed by atoms with Gasteiger partial charge >= 0.3 is 0 Å². The van der Waals surface area contributed by atoms with E-state index in [0.29, 0.717) is 22.7 Å². The van der Waals surface area contributed by atoms with E-state index in [2.05, 4.69) is 21.2 Å². The van der Waals surface area contributed by atoms with E-state index in [1.165, 1.54) is 0 Å². The summed E-state index contributed by atoms with van der Waals surface area (Å²) in [5.41, 5.74) is 2.95. The maximum absolute atomic E-state index is 12.9. The van der Waals surface area contributed by atoms with Gasteiger partial charge < -0.3 is 14.8 Å². The fourth-order valence-electron chi connectivity index (χ4n) is 2.96. The number of methoxy groups -OCH3 is 2. The molecule has 146 valence electrons. The van der Waals surface area contributed by atoms with Crippen LogP contribution in [0.1, 0.15) is 10.4 Å². The Balaban J connectivity index is 1.70. The molecule has 7 heteroatoms. The molecule has 0 aliphatic heterocycles. The quantitative estimate of drug-likeness (QED) is 0.390. The van der Waals surface area contributed by atoms with E-state index in [0.717, 1.165) is 25.3 Å². The van der Waals surface area contributed by atoms with Gasteiger partial charge in [0.05, 0.1) is 30.1 Å². The Morgan fingerprint density at radius 3 is 2.55 bits per heavy atom. The number of nitrogens with zero attached hydrogens (tertiary/aromatic N) is 1. The number of ether oxygens (including phenoxy) is 2. The molecule has 1 N–H and O–H groups in total. The van der Waals surface area contributed by atoms with Crippen molar-refractivity contribution in [3.05, 3.63) is 70.7 Å².